The topological polar surface area (TPSA) is 60.6 Å². The smallest absolute Gasteiger partial charge is 0.314 e. The number of ether oxygens (including phenoxy) is 1. The number of anilines is 1. The SMILES string of the molecule is COc1ccc(N(Cc2ccc(-c3nnc(C(F)F)o3)cc2F)OC)cc1. The fourth-order valence-electron chi connectivity index (χ4n) is 2.41. The van der Waals surface area contributed by atoms with Gasteiger partial charge in [-0.3, -0.25) is 4.84 Å². The summed E-state index contributed by atoms with van der Waals surface area (Å²) in [6.45, 7) is 0.126. The molecule has 0 amide bonds. The standard InChI is InChI=1S/C18H16F3N3O3/c1-25-14-7-5-13(6-8-14)24(26-2)10-12-4-3-11(9-15(12)19)17-22-23-18(27-17)16(20)21/h3-9,16H,10H2,1-2H3. The van der Waals surface area contributed by atoms with Crippen LogP contribution in [0.3, 0.4) is 0 Å². The van der Waals surface area contributed by atoms with Gasteiger partial charge in [0.2, 0.25) is 5.89 Å². The van der Waals surface area contributed by atoms with E-state index in [1.54, 1.807) is 31.4 Å². The largest absolute Gasteiger partial charge is 0.497 e. The maximum Gasteiger partial charge on any atom is 0.314 e. The number of halogens is 3. The predicted octanol–water partition coefficient (Wildman–Crippen LogP) is 4.39. The molecule has 0 saturated heterocycles. The molecule has 9 heteroatoms. The number of methoxy groups -OCH3 is 1. The number of alkyl halides is 2. The molecule has 0 spiro atoms. The summed E-state index contributed by atoms with van der Waals surface area (Å²) in [5, 5.41) is 8.24. The lowest BCUT2D eigenvalue weighted by molar-refractivity contribution is 0.116. The quantitative estimate of drug-likeness (QED) is 0.568. The summed E-state index contributed by atoms with van der Waals surface area (Å²) < 4.78 is 49.5. The molecule has 0 N–H and O–H groups in total. The molecule has 1 heterocycles. The van der Waals surface area contributed by atoms with Crippen LogP contribution >= 0.6 is 0 Å². The van der Waals surface area contributed by atoms with Gasteiger partial charge in [0.15, 0.2) is 0 Å². The minimum absolute atomic E-state index is 0.126. The molecule has 0 aliphatic carbocycles. The Labute approximate surface area is 153 Å². The van der Waals surface area contributed by atoms with E-state index in [-0.39, 0.29) is 18.0 Å². The Morgan fingerprint density at radius 2 is 1.81 bits per heavy atom. The molecule has 3 rings (SSSR count). The van der Waals surface area contributed by atoms with Crippen LogP contribution in [0.25, 0.3) is 11.5 Å². The number of hydrogen-bond acceptors (Lipinski definition) is 6. The molecule has 3 aromatic rings. The van der Waals surface area contributed by atoms with Gasteiger partial charge in [-0.15, -0.1) is 10.2 Å². The van der Waals surface area contributed by atoms with E-state index in [1.807, 2.05) is 0 Å². The molecule has 27 heavy (non-hydrogen) atoms. The monoisotopic (exact) mass is 379 g/mol. The van der Waals surface area contributed by atoms with Crippen LogP contribution in [0.15, 0.2) is 46.9 Å². The van der Waals surface area contributed by atoms with Crippen molar-refractivity contribution < 1.29 is 27.2 Å². The summed E-state index contributed by atoms with van der Waals surface area (Å²) in [5.41, 5.74) is 1.26. The highest BCUT2D eigenvalue weighted by Crippen LogP contribution is 2.26. The fraction of sp³-hybridized carbons (Fsp3) is 0.222. The number of rotatable bonds is 7. The molecule has 0 unspecified atom stereocenters. The first kappa shape index (κ1) is 18.7. The molecule has 142 valence electrons. The summed E-state index contributed by atoms with van der Waals surface area (Å²) >= 11 is 0. The van der Waals surface area contributed by atoms with E-state index in [2.05, 4.69) is 10.2 Å². The van der Waals surface area contributed by atoms with Crippen molar-refractivity contribution in [1.82, 2.24) is 10.2 Å². The Hall–Kier alpha value is -3.07. The van der Waals surface area contributed by atoms with E-state index in [9.17, 15) is 13.2 Å². The third-order valence-electron chi connectivity index (χ3n) is 3.82. The zero-order valence-electron chi connectivity index (χ0n) is 14.5. The lowest BCUT2D eigenvalue weighted by Crippen LogP contribution is -2.21. The molecule has 2 aromatic carbocycles. The average molecular weight is 379 g/mol. The summed E-state index contributed by atoms with van der Waals surface area (Å²) in [5.74, 6) is -0.845. The fourth-order valence-corrected chi connectivity index (χ4v) is 2.41. The Kier molecular flexibility index (Phi) is 5.60. The molecule has 0 saturated carbocycles. The number of benzene rings is 2. The van der Waals surface area contributed by atoms with Gasteiger partial charge in [-0.25, -0.2) is 9.45 Å². The van der Waals surface area contributed by atoms with E-state index in [4.69, 9.17) is 14.0 Å². The van der Waals surface area contributed by atoms with Crippen LogP contribution in [-0.4, -0.2) is 24.4 Å². The van der Waals surface area contributed by atoms with Gasteiger partial charge in [0.1, 0.15) is 11.6 Å². The van der Waals surface area contributed by atoms with Crippen molar-refractivity contribution in [2.75, 3.05) is 19.3 Å². The van der Waals surface area contributed by atoms with Crippen molar-refractivity contribution in [2.45, 2.75) is 13.0 Å². The van der Waals surface area contributed by atoms with Gasteiger partial charge < -0.3 is 9.15 Å². The van der Waals surface area contributed by atoms with Gasteiger partial charge in [-0.2, -0.15) is 8.78 Å². The summed E-state index contributed by atoms with van der Waals surface area (Å²) in [4.78, 5) is 5.32. The highest BCUT2D eigenvalue weighted by Gasteiger charge is 2.18. The Balaban J connectivity index is 1.79. The first-order chi connectivity index (χ1) is 13.0. The van der Waals surface area contributed by atoms with Crippen LogP contribution < -0.4 is 9.80 Å². The maximum absolute atomic E-state index is 14.5. The van der Waals surface area contributed by atoms with Crippen molar-refractivity contribution in [1.29, 1.82) is 0 Å². The number of nitrogens with zero attached hydrogens (tertiary/aromatic N) is 3. The van der Waals surface area contributed by atoms with Gasteiger partial charge in [0.25, 0.3) is 5.89 Å². The van der Waals surface area contributed by atoms with Gasteiger partial charge >= 0.3 is 6.43 Å². The second kappa shape index (κ2) is 8.09. The van der Waals surface area contributed by atoms with Crippen LogP contribution in [0, 0.1) is 5.82 Å². The van der Waals surface area contributed by atoms with E-state index >= 15 is 0 Å². The molecule has 6 nitrogen and oxygen atoms in total. The van der Waals surface area contributed by atoms with E-state index in [0.717, 1.165) is 6.07 Å². The van der Waals surface area contributed by atoms with Gasteiger partial charge in [-0.1, -0.05) is 6.07 Å². The minimum atomic E-state index is -2.88. The summed E-state index contributed by atoms with van der Waals surface area (Å²) in [6, 6.07) is 11.3. The first-order valence-corrected chi connectivity index (χ1v) is 7.88. The highest BCUT2D eigenvalue weighted by atomic mass is 19.3. The normalized spacial score (nSPS) is 11.0. The summed E-state index contributed by atoms with van der Waals surface area (Å²) in [7, 11) is 3.04. The minimum Gasteiger partial charge on any atom is -0.497 e. The highest BCUT2D eigenvalue weighted by molar-refractivity contribution is 5.54. The second-order valence-corrected chi connectivity index (χ2v) is 5.47. The molecule has 0 atom stereocenters. The van der Waals surface area contributed by atoms with Crippen molar-refractivity contribution in [3.8, 4) is 17.2 Å². The number of hydrogen-bond donors (Lipinski definition) is 0. The summed E-state index contributed by atoms with van der Waals surface area (Å²) in [6.07, 6.45) is -2.88. The molecule has 0 aliphatic heterocycles. The maximum atomic E-state index is 14.5. The van der Waals surface area contributed by atoms with Crippen molar-refractivity contribution in [3.63, 3.8) is 0 Å². The molecule has 1 aromatic heterocycles. The van der Waals surface area contributed by atoms with E-state index in [1.165, 1.54) is 24.3 Å². The predicted molar refractivity (Wildman–Crippen MR) is 90.8 cm³/mol. The Bertz CT molecular complexity index is 900. The Morgan fingerprint density at radius 1 is 1.07 bits per heavy atom. The van der Waals surface area contributed by atoms with Crippen molar-refractivity contribution in [2.24, 2.45) is 0 Å². The van der Waals surface area contributed by atoms with E-state index < -0.39 is 18.1 Å². The van der Waals surface area contributed by atoms with Crippen molar-refractivity contribution >= 4 is 5.69 Å². The second-order valence-electron chi connectivity index (χ2n) is 5.47. The molecular weight excluding hydrogens is 363 g/mol. The Morgan fingerprint density at radius 3 is 2.37 bits per heavy atom. The molecule has 0 aliphatic rings. The molecule has 0 radical (unpaired) electrons. The van der Waals surface area contributed by atoms with Gasteiger partial charge in [-0.05, 0) is 36.4 Å². The molecule has 0 bridgehead atoms. The first-order valence-electron chi connectivity index (χ1n) is 7.88. The van der Waals surface area contributed by atoms with Crippen LogP contribution in [0.1, 0.15) is 17.9 Å². The lowest BCUT2D eigenvalue weighted by atomic mass is 10.1. The van der Waals surface area contributed by atoms with Crippen LogP contribution in [0.4, 0.5) is 18.9 Å². The third kappa shape index (κ3) is 4.20. The molecule has 0 fully saturated rings. The average Bonchev–Trinajstić information content (AvgIpc) is 3.18. The van der Waals surface area contributed by atoms with E-state index in [0.29, 0.717) is 17.0 Å². The molecular formula is C18H16F3N3O3. The zero-order chi connectivity index (χ0) is 19.4. The van der Waals surface area contributed by atoms with Crippen LogP contribution in [0.2, 0.25) is 0 Å². The van der Waals surface area contributed by atoms with Crippen LogP contribution in [-0.2, 0) is 11.4 Å². The zero-order valence-corrected chi connectivity index (χ0v) is 14.5. The third-order valence-corrected chi connectivity index (χ3v) is 3.82. The van der Waals surface area contributed by atoms with Crippen molar-refractivity contribution in [3.05, 3.63) is 59.7 Å². The lowest BCUT2D eigenvalue weighted by Gasteiger charge is -2.22. The number of hydroxylamine groups is 1. The van der Waals surface area contributed by atoms with Gasteiger partial charge in [0.05, 0.1) is 26.5 Å². The van der Waals surface area contributed by atoms with Crippen LogP contribution in [0.5, 0.6) is 5.75 Å². The van der Waals surface area contributed by atoms with Gasteiger partial charge in [0, 0.05) is 11.1 Å². The number of aromatic nitrogens is 2.